The van der Waals surface area contributed by atoms with Crippen LogP contribution in [0.5, 0.6) is 11.5 Å². The standard InChI is InChI=1S/C26H29N5O5/c1-17(2)31(24(32)16-30-22-10-6-5-9-21(22)28-29-30)25(26(33)27-15-19-8-7-13-36-19)20-14-18(34-3)11-12-23(20)35-4/h5-14,17,25H,15-16H2,1-4H3,(H,27,33)/t25-/m0/s1. The van der Waals surface area contributed by atoms with Crippen LogP contribution in [0.15, 0.2) is 65.3 Å². The zero-order valence-corrected chi connectivity index (χ0v) is 20.7. The van der Waals surface area contributed by atoms with Crippen LogP contribution in [0.1, 0.15) is 31.2 Å². The van der Waals surface area contributed by atoms with Crippen molar-refractivity contribution in [2.24, 2.45) is 0 Å². The normalized spacial score (nSPS) is 11.9. The fourth-order valence-electron chi connectivity index (χ4n) is 4.13. The Morgan fingerprint density at radius 3 is 2.58 bits per heavy atom. The second-order valence-electron chi connectivity index (χ2n) is 8.44. The summed E-state index contributed by atoms with van der Waals surface area (Å²) in [6.07, 6.45) is 1.54. The van der Waals surface area contributed by atoms with Crippen LogP contribution in [0.25, 0.3) is 11.0 Å². The molecule has 0 spiro atoms. The van der Waals surface area contributed by atoms with Gasteiger partial charge in [-0.2, -0.15) is 0 Å². The fraction of sp³-hybridized carbons (Fsp3) is 0.308. The Morgan fingerprint density at radius 1 is 1.08 bits per heavy atom. The monoisotopic (exact) mass is 491 g/mol. The Morgan fingerprint density at radius 2 is 1.89 bits per heavy atom. The van der Waals surface area contributed by atoms with E-state index in [4.69, 9.17) is 13.9 Å². The van der Waals surface area contributed by atoms with Gasteiger partial charge in [-0.3, -0.25) is 9.59 Å². The number of carbonyl (C=O) groups excluding carboxylic acids is 2. The molecule has 2 aromatic heterocycles. The summed E-state index contributed by atoms with van der Waals surface area (Å²) in [6.45, 7) is 3.79. The molecular formula is C26H29N5O5. The molecule has 10 heteroatoms. The molecule has 0 unspecified atom stereocenters. The summed E-state index contributed by atoms with van der Waals surface area (Å²) >= 11 is 0. The smallest absolute Gasteiger partial charge is 0.247 e. The maximum Gasteiger partial charge on any atom is 0.247 e. The minimum Gasteiger partial charge on any atom is -0.497 e. The molecule has 0 fully saturated rings. The molecule has 0 radical (unpaired) electrons. The van der Waals surface area contributed by atoms with Crippen LogP contribution in [-0.2, 0) is 22.7 Å². The second-order valence-corrected chi connectivity index (χ2v) is 8.44. The number of hydrogen-bond donors (Lipinski definition) is 1. The summed E-state index contributed by atoms with van der Waals surface area (Å²) in [5, 5.41) is 11.2. The molecule has 0 saturated carbocycles. The number of hydrogen-bond acceptors (Lipinski definition) is 7. The highest BCUT2D eigenvalue weighted by Gasteiger charge is 2.36. The van der Waals surface area contributed by atoms with E-state index in [0.29, 0.717) is 28.3 Å². The quantitative estimate of drug-likeness (QED) is 0.362. The van der Waals surface area contributed by atoms with E-state index >= 15 is 0 Å². The highest BCUT2D eigenvalue weighted by atomic mass is 16.5. The van der Waals surface area contributed by atoms with Gasteiger partial charge in [-0.05, 0) is 56.3 Å². The van der Waals surface area contributed by atoms with Gasteiger partial charge >= 0.3 is 0 Å². The van der Waals surface area contributed by atoms with Crippen LogP contribution >= 0.6 is 0 Å². The van der Waals surface area contributed by atoms with E-state index in [-0.39, 0.29) is 30.9 Å². The molecule has 188 valence electrons. The first-order chi connectivity index (χ1) is 17.4. The minimum atomic E-state index is -1.01. The molecule has 10 nitrogen and oxygen atoms in total. The molecule has 2 aromatic carbocycles. The van der Waals surface area contributed by atoms with Gasteiger partial charge < -0.3 is 24.1 Å². The van der Waals surface area contributed by atoms with Crippen molar-refractivity contribution < 1.29 is 23.5 Å². The molecule has 0 aliphatic carbocycles. The molecule has 0 aliphatic heterocycles. The van der Waals surface area contributed by atoms with Crippen molar-refractivity contribution in [2.75, 3.05) is 14.2 Å². The molecule has 0 bridgehead atoms. The lowest BCUT2D eigenvalue weighted by Crippen LogP contribution is -2.48. The molecular weight excluding hydrogens is 462 g/mol. The fourth-order valence-corrected chi connectivity index (χ4v) is 4.13. The summed E-state index contributed by atoms with van der Waals surface area (Å²) in [4.78, 5) is 29.0. The zero-order valence-electron chi connectivity index (χ0n) is 20.7. The van der Waals surface area contributed by atoms with Crippen molar-refractivity contribution in [3.8, 4) is 11.5 Å². The van der Waals surface area contributed by atoms with Crippen LogP contribution in [0.3, 0.4) is 0 Å². The number of carbonyl (C=O) groups is 2. The maximum atomic E-state index is 13.8. The molecule has 2 amide bonds. The van der Waals surface area contributed by atoms with Gasteiger partial charge in [0.2, 0.25) is 11.8 Å². The van der Waals surface area contributed by atoms with Crippen molar-refractivity contribution in [3.63, 3.8) is 0 Å². The number of nitrogens with zero attached hydrogens (tertiary/aromatic N) is 4. The number of amides is 2. The predicted molar refractivity (Wildman–Crippen MR) is 132 cm³/mol. The Hall–Kier alpha value is -4.34. The summed E-state index contributed by atoms with van der Waals surface area (Å²) in [7, 11) is 3.06. The molecule has 1 atom stereocenters. The average Bonchev–Trinajstić information content (AvgIpc) is 3.55. The SMILES string of the molecule is COc1ccc(OC)c([C@@H](C(=O)NCc2ccco2)N(C(=O)Cn2nnc3ccccc32)C(C)C)c1. The third-order valence-electron chi connectivity index (χ3n) is 5.82. The molecule has 4 aromatic rings. The van der Waals surface area contributed by atoms with Gasteiger partial charge in [-0.15, -0.1) is 5.10 Å². The first-order valence-electron chi connectivity index (χ1n) is 11.5. The van der Waals surface area contributed by atoms with Crippen LogP contribution in [0.2, 0.25) is 0 Å². The predicted octanol–water partition coefficient (Wildman–Crippen LogP) is 3.34. The van der Waals surface area contributed by atoms with Gasteiger partial charge in [-0.1, -0.05) is 17.3 Å². The molecule has 36 heavy (non-hydrogen) atoms. The van der Waals surface area contributed by atoms with Crippen molar-refractivity contribution in [1.82, 2.24) is 25.2 Å². The van der Waals surface area contributed by atoms with Gasteiger partial charge in [0, 0.05) is 11.6 Å². The highest BCUT2D eigenvalue weighted by Crippen LogP contribution is 2.34. The number of para-hydroxylation sites is 1. The van der Waals surface area contributed by atoms with E-state index in [9.17, 15) is 9.59 Å². The lowest BCUT2D eigenvalue weighted by molar-refractivity contribution is -0.143. The Kier molecular flexibility index (Phi) is 7.53. The lowest BCUT2D eigenvalue weighted by atomic mass is 10.0. The largest absolute Gasteiger partial charge is 0.497 e. The number of fused-ring (bicyclic) bond motifs is 1. The molecule has 1 N–H and O–H groups in total. The number of methoxy groups -OCH3 is 2. The first kappa shape index (κ1) is 24.8. The number of furan rings is 1. The number of rotatable bonds is 10. The summed E-state index contributed by atoms with van der Waals surface area (Å²) in [6, 6.07) is 14.7. The molecule has 0 saturated heterocycles. The number of benzene rings is 2. The van der Waals surface area contributed by atoms with Crippen molar-refractivity contribution in [3.05, 3.63) is 72.2 Å². The van der Waals surface area contributed by atoms with Gasteiger partial charge in [-0.25, -0.2) is 4.68 Å². The maximum absolute atomic E-state index is 13.8. The van der Waals surface area contributed by atoms with Crippen molar-refractivity contribution >= 4 is 22.8 Å². The van der Waals surface area contributed by atoms with E-state index in [0.717, 1.165) is 5.52 Å². The summed E-state index contributed by atoms with van der Waals surface area (Å²) in [5.41, 5.74) is 1.91. The highest BCUT2D eigenvalue weighted by molar-refractivity contribution is 5.90. The number of ether oxygens (including phenoxy) is 2. The lowest BCUT2D eigenvalue weighted by Gasteiger charge is -2.35. The van der Waals surface area contributed by atoms with Crippen LogP contribution in [-0.4, -0.2) is 52.0 Å². The van der Waals surface area contributed by atoms with Gasteiger partial charge in [0.15, 0.2) is 0 Å². The van der Waals surface area contributed by atoms with E-state index in [1.807, 2.05) is 38.1 Å². The zero-order chi connectivity index (χ0) is 25.7. The number of aromatic nitrogens is 3. The van der Waals surface area contributed by atoms with E-state index in [1.165, 1.54) is 23.0 Å². The van der Waals surface area contributed by atoms with Gasteiger partial charge in [0.1, 0.15) is 35.4 Å². The van der Waals surface area contributed by atoms with Gasteiger partial charge in [0.25, 0.3) is 0 Å². The second kappa shape index (κ2) is 10.9. The number of nitrogens with one attached hydrogen (secondary N) is 1. The van der Waals surface area contributed by atoms with Gasteiger partial charge in [0.05, 0.1) is 32.5 Å². The van der Waals surface area contributed by atoms with E-state index in [1.54, 1.807) is 37.4 Å². The first-order valence-corrected chi connectivity index (χ1v) is 11.5. The third kappa shape index (κ3) is 5.17. The summed E-state index contributed by atoms with van der Waals surface area (Å²) < 4.78 is 17.9. The van der Waals surface area contributed by atoms with E-state index < -0.39 is 6.04 Å². The molecule has 0 aliphatic rings. The van der Waals surface area contributed by atoms with Crippen LogP contribution in [0, 0.1) is 0 Å². The molecule has 2 heterocycles. The van der Waals surface area contributed by atoms with Crippen molar-refractivity contribution in [1.29, 1.82) is 0 Å². The Balaban J connectivity index is 1.73. The van der Waals surface area contributed by atoms with Crippen LogP contribution < -0.4 is 14.8 Å². The third-order valence-corrected chi connectivity index (χ3v) is 5.82. The minimum absolute atomic E-state index is 0.0903. The molecule has 4 rings (SSSR count). The Labute approximate surface area is 208 Å². The van der Waals surface area contributed by atoms with E-state index in [2.05, 4.69) is 15.6 Å². The average molecular weight is 492 g/mol. The topological polar surface area (TPSA) is 112 Å². The Bertz CT molecular complexity index is 1330. The summed E-state index contributed by atoms with van der Waals surface area (Å²) in [5.74, 6) is 0.898. The van der Waals surface area contributed by atoms with Crippen LogP contribution in [0.4, 0.5) is 0 Å². The van der Waals surface area contributed by atoms with Crippen molar-refractivity contribution in [2.45, 2.75) is 39.0 Å².